The second-order valence-electron chi connectivity index (χ2n) is 13.9. The number of benzene rings is 3. The second kappa shape index (κ2) is 15.5. The highest BCUT2D eigenvalue weighted by molar-refractivity contribution is 7.91. The zero-order valence-corrected chi connectivity index (χ0v) is 32.2. The van der Waals surface area contributed by atoms with E-state index in [0.717, 1.165) is 35.1 Å². The molecule has 3 heterocycles. The molecule has 6 rings (SSSR count). The first-order chi connectivity index (χ1) is 26.7. The van der Waals surface area contributed by atoms with Crippen molar-refractivity contribution in [3.8, 4) is 17.3 Å². The monoisotopic (exact) mass is 829 g/mol. The van der Waals surface area contributed by atoms with E-state index in [9.17, 15) is 40.4 Å². The average molecular weight is 830 g/mol. The Morgan fingerprint density at radius 2 is 1.65 bits per heavy atom. The van der Waals surface area contributed by atoms with Gasteiger partial charge >= 0.3 is 6.09 Å². The van der Waals surface area contributed by atoms with E-state index in [2.05, 4.69) is 25.7 Å². The molecule has 3 aromatic heterocycles. The van der Waals surface area contributed by atoms with E-state index in [-0.39, 0.29) is 62.2 Å². The van der Waals surface area contributed by atoms with Crippen LogP contribution in [0.1, 0.15) is 38.2 Å². The van der Waals surface area contributed by atoms with Gasteiger partial charge < -0.3 is 20.1 Å². The number of nitrogens with zero attached hydrogens (tertiary/aromatic N) is 5. The first-order valence-electron chi connectivity index (χ1n) is 16.8. The number of carbonyl (C=O) groups excluding carboxylic acids is 2. The summed E-state index contributed by atoms with van der Waals surface area (Å²) in [5, 5.41) is 9.39. The normalized spacial score (nSPS) is 12.5. The summed E-state index contributed by atoms with van der Waals surface area (Å²) in [6.07, 6.45) is -0.503. The highest BCUT2D eigenvalue weighted by Gasteiger charge is 2.29. The van der Waals surface area contributed by atoms with Gasteiger partial charge in [-0.3, -0.25) is 18.8 Å². The summed E-state index contributed by atoms with van der Waals surface area (Å²) in [6.45, 7) is 4.80. The lowest BCUT2D eigenvalue weighted by molar-refractivity contribution is -0.113. The Labute approximate surface area is 326 Å². The van der Waals surface area contributed by atoms with Crippen LogP contribution in [0, 0.1) is 23.3 Å². The van der Waals surface area contributed by atoms with Crippen LogP contribution < -0.4 is 20.9 Å². The summed E-state index contributed by atoms with van der Waals surface area (Å²) in [6, 6.07) is 9.18. The summed E-state index contributed by atoms with van der Waals surface area (Å²) in [4.78, 5) is 49.8. The smallest absolute Gasteiger partial charge is 0.408 e. The van der Waals surface area contributed by atoms with Crippen molar-refractivity contribution in [3.63, 3.8) is 0 Å². The number of anilines is 1. The summed E-state index contributed by atoms with van der Waals surface area (Å²) in [5.74, 6) is -6.62. The van der Waals surface area contributed by atoms with Crippen LogP contribution in [0.25, 0.3) is 27.6 Å². The lowest BCUT2D eigenvalue weighted by atomic mass is 10.0. The molecule has 2 amide bonds. The third-order valence-corrected chi connectivity index (χ3v) is 9.12. The number of hydrogen-bond acceptors (Lipinski definition) is 10. The molecule has 2 N–H and O–H groups in total. The van der Waals surface area contributed by atoms with Crippen molar-refractivity contribution < 1.29 is 45.0 Å². The lowest BCUT2D eigenvalue weighted by Gasteiger charge is -2.26. The van der Waals surface area contributed by atoms with Crippen LogP contribution in [0.5, 0.6) is 11.6 Å². The maximum absolute atomic E-state index is 14.7. The number of aryl methyl sites for hydroxylation is 1. The summed E-state index contributed by atoms with van der Waals surface area (Å²) < 4.78 is 94.2. The van der Waals surface area contributed by atoms with E-state index in [1.54, 1.807) is 20.8 Å². The molecule has 0 fully saturated rings. The summed E-state index contributed by atoms with van der Waals surface area (Å²) in [7, 11) is -2.29. The number of sulfone groups is 1. The topological polar surface area (TPSA) is 176 Å². The maximum Gasteiger partial charge on any atom is 0.408 e. The van der Waals surface area contributed by atoms with E-state index in [1.165, 1.54) is 36.0 Å². The Bertz CT molecular complexity index is 2750. The molecule has 0 spiro atoms. The Balaban J connectivity index is 1.62. The molecular weight excluding hydrogens is 798 g/mol. The number of nitrogens with one attached hydrogen (secondary N) is 2. The fraction of sp³-hybridized carbons (Fsp3) is 0.243. The highest BCUT2D eigenvalue weighted by atomic mass is 35.5. The molecule has 0 aliphatic rings. The number of aromatic nitrogens is 5. The third-order valence-electron chi connectivity index (χ3n) is 8.01. The van der Waals surface area contributed by atoms with Crippen LogP contribution in [0.15, 0.2) is 65.5 Å². The molecule has 0 saturated carbocycles. The van der Waals surface area contributed by atoms with E-state index < -0.39 is 73.8 Å². The van der Waals surface area contributed by atoms with Gasteiger partial charge in [0.15, 0.2) is 32.9 Å². The Hall–Kier alpha value is -6.08. The molecule has 298 valence electrons. The van der Waals surface area contributed by atoms with Crippen molar-refractivity contribution in [1.82, 2.24) is 29.6 Å². The number of amides is 2. The Morgan fingerprint density at radius 3 is 2.30 bits per heavy atom. The fourth-order valence-electron chi connectivity index (χ4n) is 5.91. The van der Waals surface area contributed by atoms with Crippen molar-refractivity contribution in [2.45, 2.75) is 38.8 Å². The number of ether oxygens (including phenoxy) is 2. The quantitative estimate of drug-likeness (QED) is 0.146. The van der Waals surface area contributed by atoms with Gasteiger partial charge in [0.1, 0.15) is 34.6 Å². The van der Waals surface area contributed by atoms with Gasteiger partial charge in [-0.05, 0) is 68.8 Å². The number of rotatable bonds is 10. The molecule has 1 atom stereocenters. The van der Waals surface area contributed by atoms with Gasteiger partial charge in [-0.25, -0.2) is 35.8 Å². The minimum absolute atomic E-state index is 0.0255. The molecule has 0 unspecified atom stereocenters. The van der Waals surface area contributed by atoms with Crippen molar-refractivity contribution in [3.05, 3.63) is 111 Å². The zero-order chi connectivity index (χ0) is 41.6. The van der Waals surface area contributed by atoms with Gasteiger partial charge in [-0.1, -0.05) is 11.6 Å². The Kier molecular flexibility index (Phi) is 11.0. The molecule has 0 aliphatic heterocycles. The van der Waals surface area contributed by atoms with Crippen LogP contribution >= 0.6 is 11.6 Å². The molecule has 6 aromatic rings. The lowest BCUT2D eigenvalue weighted by Crippen LogP contribution is -2.39. The predicted molar refractivity (Wildman–Crippen MR) is 201 cm³/mol. The highest BCUT2D eigenvalue weighted by Crippen LogP contribution is 2.35. The van der Waals surface area contributed by atoms with Gasteiger partial charge in [0.2, 0.25) is 11.8 Å². The molecule has 3 aromatic carbocycles. The van der Waals surface area contributed by atoms with Crippen LogP contribution in [-0.2, 0) is 32.8 Å². The SMILES string of the molecule is Cn1nc(NC(=O)CS(C)(=O)=O)c2c(Cl)ccc(-n3c([C@H](Cc4cc(F)cc(F)c4)NC(=O)OC(C)(C)C)nc4nc(Oc5ccc(F)cc5F)ccc4c3=O)c21. The number of alkyl carbamates (subject to hydrolysis) is 1. The summed E-state index contributed by atoms with van der Waals surface area (Å²) in [5.41, 5.74) is -1.93. The minimum Gasteiger partial charge on any atom is -0.444 e. The molecular formula is C37H32ClF4N7O7S. The maximum atomic E-state index is 14.7. The molecule has 0 radical (unpaired) electrons. The van der Waals surface area contributed by atoms with Gasteiger partial charge in [-0.2, -0.15) is 10.1 Å². The minimum atomic E-state index is -3.74. The fourth-order valence-corrected chi connectivity index (χ4v) is 6.70. The standard InChI is InChI=1S/C37H32ClF4N7O7S/c1-37(2,3)56-36(52)43-25(14-18-12-20(40)15-21(41)13-18)34-46-32-22(7-11-29(45-32)55-27-10-6-19(39)16-24(27)42)35(51)49(34)26-9-8-23(38)30-31(26)48(4)47-33(30)44-28(50)17-57(5,53)54/h6-13,15-16,25H,14,17H2,1-5H3,(H,43,52)(H,44,47,50)/t25-/m0/s1. The number of pyridine rings is 1. The van der Waals surface area contributed by atoms with Crippen molar-refractivity contribution in [2.75, 3.05) is 17.3 Å². The number of fused-ring (bicyclic) bond motifs is 2. The van der Waals surface area contributed by atoms with E-state index >= 15 is 0 Å². The van der Waals surface area contributed by atoms with Gasteiger partial charge in [0.25, 0.3) is 5.56 Å². The summed E-state index contributed by atoms with van der Waals surface area (Å²) >= 11 is 6.62. The van der Waals surface area contributed by atoms with Gasteiger partial charge in [0.05, 0.1) is 33.0 Å². The Morgan fingerprint density at radius 1 is 0.947 bits per heavy atom. The third kappa shape index (κ3) is 9.32. The molecule has 0 saturated heterocycles. The zero-order valence-electron chi connectivity index (χ0n) is 30.7. The molecule has 57 heavy (non-hydrogen) atoms. The van der Waals surface area contributed by atoms with Crippen LogP contribution in [0.3, 0.4) is 0 Å². The molecule has 0 aliphatic carbocycles. The number of hydrogen-bond donors (Lipinski definition) is 2. The second-order valence-corrected chi connectivity index (χ2v) is 16.4. The largest absolute Gasteiger partial charge is 0.444 e. The van der Waals surface area contributed by atoms with Crippen LogP contribution in [-0.4, -0.2) is 62.3 Å². The first kappa shape index (κ1) is 40.6. The predicted octanol–water partition coefficient (Wildman–Crippen LogP) is 6.46. The van der Waals surface area contributed by atoms with Crippen LogP contribution in [0.4, 0.5) is 28.2 Å². The molecule has 20 heteroatoms. The van der Waals surface area contributed by atoms with Crippen LogP contribution in [0.2, 0.25) is 5.02 Å². The van der Waals surface area contributed by atoms with Gasteiger partial charge in [0, 0.05) is 37.9 Å². The van der Waals surface area contributed by atoms with E-state index in [4.69, 9.17) is 21.1 Å². The average Bonchev–Trinajstić information content (AvgIpc) is 3.39. The first-order valence-corrected chi connectivity index (χ1v) is 19.2. The molecule has 0 bridgehead atoms. The van der Waals surface area contributed by atoms with E-state index in [1.807, 2.05) is 0 Å². The van der Waals surface area contributed by atoms with E-state index in [0.29, 0.717) is 12.1 Å². The van der Waals surface area contributed by atoms with Crippen molar-refractivity contribution >= 4 is 61.2 Å². The van der Waals surface area contributed by atoms with Crippen molar-refractivity contribution in [1.29, 1.82) is 0 Å². The molecule has 14 nitrogen and oxygen atoms in total. The van der Waals surface area contributed by atoms with Crippen molar-refractivity contribution in [2.24, 2.45) is 7.05 Å². The number of halogens is 5. The number of carbonyl (C=O) groups is 2. The van der Waals surface area contributed by atoms with Gasteiger partial charge in [-0.15, -0.1) is 0 Å².